The van der Waals surface area contributed by atoms with Crippen LogP contribution in [0.15, 0.2) is 0 Å². The van der Waals surface area contributed by atoms with E-state index < -0.39 is 5.60 Å². The van der Waals surface area contributed by atoms with E-state index >= 15 is 0 Å². The van der Waals surface area contributed by atoms with Crippen LogP contribution in [-0.2, 0) is 9.53 Å². The van der Waals surface area contributed by atoms with Crippen LogP contribution in [0, 0.1) is 40.4 Å². The number of hydrogen-bond acceptors (Lipinski definition) is 3. The van der Waals surface area contributed by atoms with Crippen molar-refractivity contribution in [3.63, 3.8) is 0 Å². The first-order valence-corrected chi connectivity index (χ1v) is 14.5. The van der Waals surface area contributed by atoms with Crippen LogP contribution in [0.25, 0.3) is 0 Å². The van der Waals surface area contributed by atoms with Gasteiger partial charge < -0.3 is 9.84 Å². The van der Waals surface area contributed by atoms with E-state index in [1.165, 1.54) is 77.6 Å². The van der Waals surface area contributed by atoms with Crippen molar-refractivity contribution in [3.8, 4) is 0 Å². The van der Waals surface area contributed by atoms with Gasteiger partial charge >= 0.3 is 5.97 Å². The molecule has 4 aliphatic rings. The van der Waals surface area contributed by atoms with Crippen LogP contribution in [-0.4, -0.2) is 22.8 Å². The molecule has 0 bridgehead atoms. The van der Waals surface area contributed by atoms with E-state index in [1.807, 2.05) is 0 Å². The molecule has 1 N–H and O–H groups in total. The Morgan fingerprint density at radius 3 is 2.30 bits per heavy atom. The fourth-order valence-corrected chi connectivity index (χ4v) is 9.81. The average molecular weight is 461 g/mol. The number of unbranched alkanes of at least 4 members (excludes halogenated alkanes) is 5. The average Bonchev–Trinajstić information content (AvgIpc) is 3.08. The van der Waals surface area contributed by atoms with E-state index in [0.29, 0.717) is 11.3 Å². The van der Waals surface area contributed by atoms with Gasteiger partial charge in [-0.15, -0.1) is 0 Å². The lowest BCUT2D eigenvalue weighted by Gasteiger charge is -2.64. The monoisotopic (exact) mass is 460 g/mol. The van der Waals surface area contributed by atoms with Gasteiger partial charge in [0.1, 0.15) is 6.10 Å². The van der Waals surface area contributed by atoms with Crippen LogP contribution in [0.2, 0.25) is 0 Å². The predicted molar refractivity (Wildman–Crippen MR) is 135 cm³/mol. The molecular weight excluding hydrogens is 408 g/mol. The summed E-state index contributed by atoms with van der Waals surface area (Å²) in [6, 6.07) is 0. The maximum atomic E-state index is 11.8. The van der Waals surface area contributed by atoms with Gasteiger partial charge in [0.25, 0.3) is 0 Å². The number of aliphatic hydroxyl groups is 1. The molecule has 3 nitrogen and oxygen atoms in total. The van der Waals surface area contributed by atoms with E-state index in [1.54, 1.807) is 0 Å². The Hall–Kier alpha value is -0.570. The maximum Gasteiger partial charge on any atom is 0.302 e. The Kier molecular flexibility index (Phi) is 7.60. The molecular formula is C30H52O3. The molecule has 0 spiro atoms. The first kappa shape index (κ1) is 25.5. The minimum atomic E-state index is -0.648. The van der Waals surface area contributed by atoms with Crippen molar-refractivity contribution >= 4 is 5.97 Å². The zero-order valence-electron chi connectivity index (χ0n) is 22.3. The summed E-state index contributed by atoms with van der Waals surface area (Å²) in [5.41, 5.74) is 0.0188. The van der Waals surface area contributed by atoms with Gasteiger partial charge in [-0.1, -0.05) is 59.3 Å². The molecule has 4 fully saturated rings. The lowest BCUT2D eigenvalue weighted by Crippen LogP contribution is -2.62. The van der Waals surface area contributed by atoms with E-state index in [-0.39, 0.29) is 23.4 Å². The van der Waals surface area contributed by atoms with Crippen LogP contribution in [0.3, 0.4) is 0 Å². The molecule has 0 aromatic heterocycles. The van der Waals surface area contributed by atoms with Gasteiger partial charge in [-0.3, -0.25) is 4.79 Å². The number of ether oxygens (including phenoxy) is 1. The Bertz CT molecular complexity index is 686. The van der Waals surface area contributed by atoms with Crippen LogP contribution >= 0.6 is 0 Å². The predicted octanol–water partition coefficient (Wildman–Crippen LogP) is 7.69. The smallest absolute Gasteiger partial charge is 0.302 e. The second kappa shape index (κ2) is 9.82. The van der Waals surface area contributed by atoms with Crippen molar-refractivity contribution in [1.82, 2.24) is 0 Å². The lowest BCUT2D eigenvalue weighted by molar-refractivity contribution is -0.213. The maximum absolute atomic E-state index is 11.8. The van der Waals surface area contributed by atoms with E-state index in [9.17, 15) is 9.90 Å². The lowest BCUT2D eigenvalue weighted by atomic mass is 9.42. The first-order chi connectivity index (χ1) is 15.6. The number of fused-ring (bicyclic) bond motifs is 5. The quantitative estimate of drug-likeness (QED) is 0.298. The molecule has 0 heterocycles. The van der Waals surface area contributed by atoms with Gasteiger partial charge in [0.2, 0.25) is 0 Å². The van der Waals surface area contributed by atoms with E-state index in [4.69, 9.17) is 4.74 Å². The third kappa shape index (κ3) is 4.78. The first-order valence-electron chi connectivity index (χ1n) is 14.5. The van der Waals surface area contributed by atoms with Crippen LogP contribution in [0.1, 0.15) is 131 Å². The van der Waals surface area contributed by atoms with Gasteiger partial charge in [0, 0.05) is 6.92 Å². The van der Waals surface area contributed by atoms with E-state index in [0.717, 1.165) is 43.4 Å². The summed E-state index contributed by atoms with van der Waals surface area (Å²) >= 11 is 0. The van der Waals surface area contributed by atoms with Crippen molar-refractivity contribution < 1.29 is 14.6 Å². The number of hydrogen-bond donors (Lipinski definition) is 1. The molecule has 0 aromatic carbocycles. The highest BCUT2D eigenvalue weighted by molar-refractivity contribution is 5.66. The fraction of sp³-hybridized carbons (Fsp3) is 0.967. The van der Waals surface area contributed by atoms with Crippen molar-refractivity contribution in [2.45, 2.75) is 143 Å². The van der Waals surface area contributed by atoms with Crippen molar-refractivity contribution in [2.75, 3.05) is 0 Å². The molecule has 0 amide bonds. The SMILES string of the molecule is CCCCCCCC[C@H]1CC[C@H]2[C@@H]3C[C@](C)(O)[C@H]4C[C@@H](OC(C)=O)CC[C@]4(C)[C@H]3CC[C@]12C. The number of carbonyl (C=O) groups is 1. The second-order valence-electron chi connectivity index (χ2n) is 13.4. The molecule has 33 heavy (non-hydrogen) atoms. The topological polar surface area (TPSA) is 46.5 Å². The van der Waals surface area contributed by atoms with Gasteiger partial charge in [0.15, 0.2) is 0 Å². The normalized spacial score (nSPS) is 46.8. The van der Waals surface area contributed by atoms with Crippen molar-refractivity contribution in [2.24, 2.45) is 40.4 Å². The molecule has 0 radical (unpaired) electrons. The van der Waals surface area contributed by atoms with Crippen LogP contribution in [0.5, 0.6) is 0 Å². The molecule has 3 heteroatoms. The Morgan fingerprint density at radius 2 is 1.58 bits per heavy atom. The Balaban J connectivity index is 1.44. The zero-order valence-corrected chi connectivity index (χ0v) is 22.3. The summed E-state index contributed by atoms with van der Waals surface area (Å²) in [6.07, 6.45) is 19.2. The molecule has 4 saturated carbocycles. The molecule has 190 valence electrons. The minimum Gasteiger partial charge on any atom is -0.463 e. The van der Waals surface area contributed by atoms with Crippen molar-refractivity contribution in [1.29, 1.82) is 0 Å². The zero-order chi connectivity index (χ0) is 23.9. The summed E-state index contributed by atoms with van der Waals surface area (Å²) < 4.78 is 5.63. The van der Waals surface area contributed by atoms with Gasteiger partial charge in [0.05, 0.1) is 5.60 Å². The minimum absolute atomic E-state index is 0.00866. The molecule has 4 rings (SSSR count). The molecule has 0 aliphatic heterocycles. The fourth-order valence-electron chi connectivity index (χ4n) is 9.81. The number of carbonyl (C=O) groups excluding carboxylic acids is 1. The highest BCUT2D eigenvalue weighted by Crippen LogP contribution is 2.69. The summed E-state index contributed by atoms with van der Waals surface area (Å²) in [5.74, 6) is 3.15. The second-order valence-corrected chi connectivity index (χ2v) is 13.4. The number of rotatable bonds is 8. The van der Waals surface area contributed by atoms with Crippen LogP contribution < -0.4 is 0 Å². The third-order valence-corrected chi connectivity index (χ3v) is 11.4. The standard InChI is InChI=1S/C30H52O3/c1-6-7-8-9-10-11-12-22-13-14-25-24-20-30(5,32)27-19-23(33-21(2)31)15-17-29(27,4)26(24)16-18-28(22,25)3/h22-27,32H,6-20H2,1-5H3/t22-,23-,24-,25-,26-,27-,28+,29+,30-/m0/s1. The third-order valence-electron chi connectivity index (χ3n) is 11.4. The summed E-state index contributed by atoms with van der Waals surface area (Å²) in [7, 11) is 0. The highest BCUT2D eigenvalue weighted by atomic mass is 16.5. The Labute approximate surface area is 203 Å². The molecule has 9 atom stereocenters. The molecule has 0 saturated heterocycles. The summed E-state index contributed by atoms with van der Waals surface area (Å²) in [6.45, 7) is 11.0. The molecule has 4 aliphatic carbocycles. The highest BCUT2D eigenvalue weighted by Gasteiger charge is 2.64. The Morgan fingerprint density at radius 1 is 0.909 bits per heavy atom. The van der Waals surface area contributed by atoms with Gasteiger partial charge in [-0.05, 0) is 105 Å². The summed E-state index contributed by atoms with van der Waals surface area (Å²) in [5, 5.41) is 11.8. The number of esters is 1. The van der Waals surface area contributed by atoms with Crippen molar-refractivity contribution in [3.05, 3.63) is 0 Å². The van der Waals surface area contributed by atoms with Gasteiger partial charge in [-0.25, -0.2) is 0 Å². The van der Waals surface area contributed by atoms with E-state index in [2.05, 4.69) is 27.7 Å². The molecule has 0 unspecified atom stereocenters. The largest absolute Gasteiger partial charge is 0.463 e. The molecule has 0 aromatic rings. The van der Waals surface area contributed by atoms with Crippen LogP contribution in [0.4, 0.5) is 0 Å². The van der Waals surface area contributed by atoms with Gasteiger partial charge in [-0.2, -0.15) is 0 Å². The summed E-state index contributed by atoms with van der Waals surface area (Å²) in [4.78, 5) is 11.6.